The van der Waals surface area contributed by atoms with Gasteiger partial charge in [-0.2, -0.15) is 13.2 Å². The molecular formula is C14H22F3NS. The van der Waals surface area contributed by atoms with Gasteiger partial charge in [-0.1, -0.05) is 28.2 Å². The second-order valence-corrected chi connectivity index (χ2v) is 6.18. The van der Waals surface area contributed by atoms with Gasteiger partial charge in [0.25, 0.3) is 0 Å². The first-order valence-electron chi connectivity index (χ1n) is 5.62. The lowest BCUT2D eigenvalue weighted by molar-refractivity contribution is -0.139. The molecule has 19 heavy (non-hydrogen) atoms. The second-order valence-electron chi connectivity index (χ2n) is 5.33. The normalized spacial score (nSPS) is 11.9. The van der Waals surface area contributed by atoms with E-state index in [1.807, 2.05) is 20.8 Å². The van der Waals surface area contributed by atoms with Crippen LogP contribution >= 0.6 is 11.8 Å². The van der Waals surface area contributed by atoms with Crippen LogP contribution in [0.1, 0.15) is 33.8 Å². The third-order valence-corrected chi connectivity index (χ3v) is 3.12. The summed E-state index contributed by atoms with van der Waals surface area (Å²) in [5.74, 6) is 0. The van der Waals surface area contributed by atoms with Gasteiger partial charge in [0.2, 0.25) is 0 Å². The van der Waals surface area contributed by atoms with E-state index >= 15 is 0 Å². The maximum Gasteiger partial charge on any atom is 0.417 e. The van der Waals surface area contributed by atoms with E-state index < -0.39 is 11.7 Å². The minimum atomic E-state index is -4.31. The molecule has 1 N–H and O–H groups in total. The van der Waals surface area contributed by atoms with Crippen LogP contribution in [0.3, 0.4) is 0 Å². The van der Waals surface area contributed by atoms with E-state index in [0.717, 1.165) is 11.8 Å². The van der Waals surface area contributed by atoms with Crippen LogP contribution < -0.4 is 5.32 Å². The molecule has 0 heterocycles. The molecule has 0 amide bonds. The van der Waals surface area contributed by atoms with Crippen molar-refractivity contribution in [3.05, 3.63) is 23.8 Å². The number of hydrogen-bond donors (Lipinski definition) is 1. The van der Waals surface area contributed by atoms with Gasteiger partial charge in [-0.15, -0.1) is 11.8 Å². The molecule has 110 valence electrons. The number of alkyl halides is 3. The molecule has 1 rings (SSSR count). The topological polar surface area (TPSA) is 12.0 Å². The lowest BCUT2D eigenvalue weighted by Gasteiger charge is -2.20. The zero-order valence-corrected chi connectivity index (χ0v) is 11.8. The minimum absolute atomic E-state index is 0. The predicted octanol–water partition coefficient (Wildman–Crippen LogP) is 5.52. The van der Waals surface area contributed by atoms with E-state index in [-0.39, 0.29) is 17.7 Å². The van der Waals surface area contributed by atoms with Crippen molar-refractivity contribution in [1.29, 1.82) is 0 Å². The Bertz CT molecular complexity index is 408. The molecule has 0 aliphatic carbocycles. The zero-order chi connectivity index (χ0) is 14.0. The van der Waals surface area contributed by atoms with Crippen LogP contribution in [0.25, 0.3) is 0 Å². The summed E-state index contributed by atoms with van der Waals surface area (Å²) in [6.45, 7) is 6.71. The van der Waals surface area contributed by atoms with Crippen molar-refractivity contribution >= 4 is 17.4 Å². The third-order valence-electron chi connectivity index (χ3n) is 2.33. The average molecular weight is 293 g/mol. The van der Waals surface area contributed by atoms with Gasteiger partial charge in [-0.05, 0) is 29.9 Å². The van der Waals surface area contributed by atoms with Crippen LogP contribution in [-0.2, 0) is 6.18 Å². The minimum Gasteiger partial charge on any atom is -0.385 e. The number of anilines is 1. The summed E-state index contributed by atoms with van der Waals surface area (Å²) in [5, 5.41) is 3.04. The van der Waals surface area contributed by atoms with Gasteiger partial charge in [0, 0.05) is 17.1 Å². The molecule has 1 aromatic rings. The summed E-state index contributed by atoms with van der Waals surface area (Å²) >= 11 is 1.11. The summed E-state index contributed by atoms with van der Waals surface area (Å²) in [7, 11) is 0. The van der Waals surface area contributed by atoms with Crippen molar-refractivity contribution < 1.29 is 13.2 Å². The largest absolute Gasteiger partial charge is 0.417 e. The lowest BCUT2D eigenvalue weighted by atomic mass is 9.97. The highest BCUT2D eigenvalue weighted by Crippen LogP contribution is 2.37. The first-order valence-corrected chi connectivity index (χ1v) is 6.85. The molecular weight excluding hydrogens is 271 g/mol. The molecule has 5 heteroatoms. The van der Waals surface area contributed by atoms with Crippen LogP contribution in [0.5, 0.6) is 0 Å². The molecule has 0 bridgehead atoms. The molecule has 0 aliphatic heterocycles. The lowest BCUT2D eigenvalue weighted by Crippen LogP contribution is -2.19. The molecule has 1 nitrogen and oxygen atoms in total. The number of thioether (sulfide) groups is 1. The summed E-state index contributed by atoms with van der Waals surface area (Å²) in [6, 6.07) is 4.38. The Morgan fingerprint density at radius 2 is 1.74 bits per heavy atom. The molecule has 0 atom stereocenters. The third kappa shape index (κ3) is 5.76. The van der Waals surface area contributed by atoms with Crippen LogP contribution in [-0.4, -0.2) is 12.8 Å². The maximum atomic E-state index is 12.8. The average Bonchev–Trinajstić information content (AvgIpc) is 2.24. The van der Waals surface area contributed by atoms with Gasteiger partial charge in [0.05, 0.1) is 5.56 Å². The second kappa shape index (κ2) is 6.55. The van der Waals surface area contributed by atoms with Gasteiger partial charge in [-0.25, -0.2) is 0 Å². The SMILES string of the molecule is C.CSc1ccc(NCC(C)(C)C)cc1C(F)(F)F. The molecule has 0 aliphatic rings. The highest BCUT2D eigenvalue weighted by atomic mass is 32.2. The number of hydrogen-bond acceptors (Lipinski definition) is 2. The van der Waals surface area contributed by atoms with Gasteiger partial charge in [0.1, 0.15) is 0 Å². The summed E-state index contributed by atoms with van der Waals surface area (Å²) in [5.41, 5.74) is -0.0414. The van der Waals surface area contributed by atoms with E-state index in [4.69, 9.17) is 0 Å². The Hall–Kier alpha value is -0.840. The molecule has 0 saturated carbocycles. The Labute approximate surface area is 118 Å². The fourth-order valence-electron chi connectivity index (χ4n) is 1.41. The van der Waals surface area contributed by atoms with Crippen LogP contribution in [0.15, 0.2) is 23.1 Å². The van der Waals surface area contributed by atoms with E-state index in [1.165, 1.54) is 12.1 Å². The number of benzene rings is 1. The molecule has 0 spiro atoms. The van der Waals surface area contributed by atoms with Crippen LogP contribution in [0, 0.1) is 5.41 Å². The standard InChI is InChI=1S/C13H18F3NS.CH4/c1-12(2,3)8-17-9-5-6-11(18-4)10(7-9)13(14,15)16;/h5-7,17H,8H2,1-4H3;1H4. The summed E-state index contributed by atoms with van der Waals surface area (Å²) in [4.78, 5) is 0.254. The summed E-state index contributed by atoms with van der Waals surface area (Å²) in [6.07, 6.45) is -2.66. The van der Waals surface area contributed by atoms with Crippen molar-refractivity contribution in [3.8, 4) is 0 Å². The molecule has 0 unspecified atom stereocenters. The van der Waals surface area contributed by atoms with Gasteiger partial charge >= 0.3 is 6.18 Å². The molecule has 0 radical (unpaired) electrons. The first kappa shape index (κ1) is 18.2. The highest BCUT2D eigenvalue weighted by molar-refractivity contribution is 7.98. The summed E-state index contributed by atoms with van der Waals surface area (Å²) < 4.78 is 38.5. The smallest absolute Gasteiger partial charge is 0.385 e. The fraction of sp³-hybridized carbons (Fsp3) is 0.571. The quantitative estimate of drug-likeness (QED) is 0.736. The fourth-order valence-corrected chi connectivity index (χ4v) is 2.01. The number of nitrogens with one attached hydrogen (secondary N) is 1. The highest BCUT2D eigenvalue weighted by Gasteiger charge is 2.33. The molecule has 0 fully saturated rings. The van der Waals surface area contributed by atoms with Crippen molar-refractivity contribution in [2.45, 2.75) is 39.3 Å². The van der Waals surface area contributed by atoms with Gasteiger partial charge in [-0.3, -0.25) is 0 Å². The number of rotatable bonds is 3. The van der Waals surface area contributed by atoms with Crippen molar-refractivity contribution in [1.82, 2.24) is 0 Å². The zero-order valence-electron chi connectivity index (χ0n) is 11.0. The van der Waals surface area contributed by atoms with E-state index in [2.05, 4.69) is 5.32 Å². The van der Waals surface area contributed by atoms with Crippen molar-refractivity contribution in [3.63, 3.8) is 0 Å². The molecule has 1 aromatic carbocycles. The van der Waals surface area contributed by atoms with E-state index in [0.29, 0.717) is 12.2 Å². The van der Waals surface area contributed by atoms with Crippen LogP contribution in [0.4, 0.5) is 18.9 Å². The first-order chi connectivity index (χ1) is 8.13. The Kier molecular flexibility index (Phi) is 6.26. The monoisotopic (exact) mass is 293 g/mol. The Morgan fingerprint density at radius 3 is 2.16 bits per heavy atom. The van der Waals surface area contributed by atoms with Crippen molar-refractivity contribution in [2.75, 3.05) is 18.1 Å². The van der Waals surface area contributed by atoms with Gasteiger partial charge in [0.15, 0.2) is 0 Å². The van der Waals surface area contributed by atoms with Gasteiger partial charge < -0.3 is 5.32 Å². The number of halogens is 3. The Balaban J connectivity index is 0.00000324. The Morgan fingerprint density at radius 1 is 1.16 bits per heavy atom. The predicted molar refractivity (Wildman–Crippen MR) is 77.9 cm³/mol. The van der Waals surface area contributed by atoms with E-state index in [1.54, 1.807) is 12.3 Å². The van der Waals surface area contributed by atoms with E-state index in [9.17, 15) is 13.2 Å². The molecule has 0 saturated heterocycles. The van der Waals surface area contributed by atoms with Crippen LogP contribution in [0.2, 0.25) is 0 Å². The molecule has 0 aromatic heterocycles. The maximum absolute atomic E-state index is 12.8. The van der Waals surface area contributed by atoms with Crippen molar-refractivity contribution in [2.24, 2.45) is 5.41 Å².